The molecule has 1 saturated heterocycles. The highest BCUT2D eigenvalue weighted by Gasteiger charge is 2.41. The van der Waals surface area contributed by atoms with Gasteiger partial charge in [0.05, 0.1) is 11.4 Å². The number of nitrogens with one attached hydrogen (secondary N) is 1. The maximum atomic E-state index is 13.3. The molecule has 0 saturated carbocycles. The standard InChI is InChI=1S/C23H28N2O6S2/c1-13-19(28)18-21(32-16-7-5-4-6-15(16)23(18,2)3)20(29)22(13)33(30,31)24-14-8-10-25(11-9-14)12-17(26)27/h4-7,14,24,28-29H,8-12H2,1-3H3,(H,26,27). The Bertz CT molecular complexity index is 1220. The van der Waals surface area contributed by atoms with E-state index in [9.17, 15) is 23.4 Å². The van der Waals surface area contributed by atoms with E-state index in [-0.39, 0.29) is 34.5 Å². The summed E-state index contributed by atoms with van der Waals surface area (Å²) in [4.78, 5) is 13.6. The lowest BCUT2D eigenvalue weighted by molar-refractivity contribution is -0.138. The number of aromatic hydroxyl groups is 2. The molecule has 178 valence electrons. The average Bonchev–Trinajstić information content (AvgIpc) is 2.72. The molecule has 0 amide bonds. The molecule has 2 heterocycles. The number of carboxylic acid groups (broad SMARTS) is 1. The monoisotopic (exact) mass is 492 g/mol. The van der Waals surface area contributed by atoms with Gasteiger partial charge in [0.25, 0.3) is 0 Å². The second-order valence-electron chi connectivity index (χ2n) is 9.14. The van der Waals surface area contributed by atoms with Crippen LogP contribution < -0.4 is 4.72 Å². The maximum Gasteiger partial charge on any atom is 0.317 e. The van der Waals surface area contributed by atoms with E-state index < -0.39 is 21.4 Å². The molecule has 0 bridgehead atoms. The molecular formula is C23H28N2O6S2. The number of carboxylic acids is 1. The first-order chi connectivity index (χ1) is 15.4. The van der Waals surface area contributed by atoms with Gasteiger partial charge in [-0.3, -0.25) is 9.69 Å². The van der Waals surface area contributed by atoms with Crippen LogP contribution in [0.1, 0.15) is 43.4 Å². The minimum atomic E-state index is -4.14. The van der Waals surface area contributed by atoms with Crippen molar-refractivity contribution in [3.8, 4) is 11.5 Å². The van der Waals surface area contributed by atoms with Crippen molar-refractivity contribution in [1.29, 1.82) is 0 Å². The topological polar surface area (TPSA) is 127 Å². The number of piperidine rings is 1. The third kappa shape index (κ3) is 4.21. The van der Waals surface area contributed by atoms with Crippen molar-refractivity contribution in [2.24, 2.45) is 0 Å². The lowest BCUT2D eigenvalue weighted by atomic mass is 9.76. The molecule has 0 spiro atoms. The van der Waals surface area contributed by atoms with E-state index in [4.69, 9.17) is 5.11 Å². The number of hydrogen-bond donors (Lipinski definition) is 4. The summed E-state index contributed by atoms with van der Waals surface area (Å²) in [5.74, 6) is -1.41. The van der Waals surface area contributed by atoms with Gasteiger partial charge in [0.15, 0.2) is 0 Å². The fraction of sp³-hybridized carbons (Fsp3) is 0.435. The number of phenolic OH excluding ortho intramolecular Hbond substituents is 2. The second-order valence-corrected chi connectivity index (χ2v) is 11.8. The Morgan fingerprint density at radius 2 is 1.82 bits per heavy atom. The molecule has 4 N–H and O–H groups in total. The highest BCUT2D eigenvalue weighted by molar-refractivity contribution is 7.99. The summed E-state index contributed by atoms with van der Waals surface area (Å²) in [5, 5.41) is 31.2. The first-order valence-electron chi connectivity index (χ1n) is 10.8. The number of likely N-dealkylation sites (tertiary alicyclic amines) is 1. The predicted octanol–water partition coefficient (Wildman–Crippen LogP) is 3.02. The molecule has 2 aromatic carbocycles. The third-order valence-corrected chi connectivity index (χ3v) is 9.38. The van der Waals surface area contributed by atoms with Crippen molar-refractivity contribution in [3.05, 3.63) is 41.0 Å². The molecule has 2 aliphatic heterocycles. The van der Waals surface area contributed by atoms with Crippen molar-refractivity contribution >= 4 is 27.8 Å². The summed E-state index contributed by atoms with van der Waals surface area (Å²) < 4.78 is 29.4. The first kappa shape index (κ1) is 23.9. The van der Waals surface area contributed by atoms with Crippen LogP contribution in [0.5, 0.6) is 11.5 Å². The van der Waals surface area contributed by atoms with Crippen molar-refractivity contribution in [2.75, 3.05) is 19.6 Å². The van der Waals surface area contributed by atoms with Gasteiger partial charge in [0, 0.05) is 40.6 Å². The molecular weight excluding hydrogens is 464 g/mol. The summed E-state index contributed by atoms with van der Waals surface area (Å²) in [5.41, 5.74) is 0.992. The number of aliphatic carboxylic acids is 1. The number of phenols is 2. The fourth-order valence-electron chi connectivity index (χ4n) is 4.80. The van der Waals surface area contributed by atoms with E-state index in [1.807, 2.05) is 38.1 Å². The quantitative estimate of drug-likeness (QED) is 0.469. The van der Waals surface area contributed by atoms with E-state index in [0.29, 0.717) is 36.4 Å². The molecule has 4 rings (SSSR count). The van der Waals surface area contributed by atoms with Gasteiger partial charge in [-0.25, -0.2) is 13.1 Å². The highest BCUT2D eigenvalue weighted by Crippen LogP contribution is 2.57. The molecule has 2 aliphatic rings. The highest BCUT2D eigenvalue weighted by atomic mass is 32.2. The van der Waals surface area contributed by atoms with Crippen LogP contribution in [0.2, 0.25) is 0 Å². The van der Waals surface area contributed by atoms with Crippen molar-refractivity contribution in [2.45, 2.75) is 59.8 Å². The van der Waals surface area contributed by atoms with Gasteiger partial charge in [-0.1, -0.05) is 43.8 Å². The zero-order valence-corrected chi connectivity index (χ0v) is 20.4. The summed E-state index contributed by atoms with van der Waals surface area (Å²) in [6, 6.07) is 7.30. The van der Waals surface area contributed by atoms with E-state index in [2.05, 4.69) is 4.72 Å². The van der Waals surface area contributed by atoms with Gasteiger partial charge in [-0.05, 0) is 31.4 Å². The molecule has 8 nitrogen and oxygen atoms in total. The first-order valence-corrected chi connectivity index (χ1v) is 13.1. The van der Waals surface area contributed by atoms with Gasteiger partial charge in [0.2, 0.25) is 10.0 Å². The molecule has 0 radical (unpaired) electrons. The van der Waals surface area contributed by atoms with Crippen LogP contribution in [-0.2, 0) is 20.2 Å². The predicted molar refractivity (Wildman–Crippen MR) is 125 cm³/mol. The van der Waals surface area contributed by atoms with Crippen LogP contribution in [0.4, 0.5) is 0 Å². The SMILES string of the molecule is Cc1c(O)c2c(c(O)c1S(=O)(=O)NC1CCN(CC(=O)O)CC1)Sc1ccccc1C2(C)C. The average molecular weight is 493 g/mol. The molecule has 0 aliphatic carbocycles. The molecule has 1 fully saturated rings. The largest absolute Gasteiger partial charge is 0.507 e. The normalized spacial score (nSPS) is 18.5. The zero-order valence-electron chi connectivity index (χ0n) is 18.8. The Hall–Kier alpha value is -2.27. The van der Waals surface area contributed by atoms with Gasteiger partial charge in [0.1, 0.15) is 16.4 Å². The number of sulfonamides is 1. The van der Waals surface area contributed by atoms with Crippen LogP contribution in [0.3, 0.4) is 0 Å². The van der Waals surface area contributed by atoms with Crippen molar-refractivity contribution in [1.82, 2.24) is 9.62 Å². The second kappa shape index (κ2) is 8.50. The van der Waals surface area contributed by atoms with E-state index in [0.717, 1.165) is 10.5 Å². The third-order valence-electron chi connectivity index (χ3n) is 6.52. The van der Waals surface area contributed by atoms with Crippen molar-refractivity contribution < 1.29 is 28.5 Å². The minimum Gasteiger partial charge on any atom is -0.507 e. The van der Waals surface area contributed by atoms with Gasteiger partial charge in [-0.2, -0.15) is 0 Å². The summed E-state index contributed by atoms with van der Waals surface area (Å²) in [6.45, 7) is 6.23. The molecule has 2 aromatic rings. The van der Waals surface area contributed by atoms with Crippen LogP contribution in [0.25, 0.3) is 0 Å². The van der Waals surface area contributed by atoms with E-state index >= 15 is 0 Å². The Labute approximate surface area is 197 Å². The Kier molecular flexibility index (Phi) is 6.15. The van der Waals surface area contributed by atoms with Crippen LogP contribution in [-0.4, -0.2) is 60.3 Å². The Balaban J connectivity index is 1.69. The van der Waals surface area contributed by atoms with Gasteiger partial charge in [-0.15, -0.1) is 0 Å². The molecule has 0 unspecified atom stereocenters. The smallest absolute Gasteiger partial charge is 0.317 e. The van der Waals surface area contributed by atoms with E-state index in [1.165, 1.54) is 18.7 Å². The number of fused-ring (bicyclic) bond motifs is 2. The van der Waals surface area contributed by atoms with Crippen molar-refractivity contribution in [3.63, 3.8) is 0 Å². The number of rotatable bonds is 5. The summed E-state index contributed by atoms with van der Waals surface area (Å²) >= 11 is 1.25. The maximum absolute atomic E-state index is 13.3. The lowest BCUT2D eigenvalue weighted by Crippen LogP contribution is -2.46. The Morgan fingerprint density at radius 3 is 2.45 bits per heavy atom. The zero-order chi connectivity index (χ0) is 24.1. The summed E-state index contributed by atoms with van der Waals surface area (Å²) in [6.07, 6.45) is 0.913. The number of benzene rings is 2. The van der Waals surface area contributed by atoms with Gasteiger partial charge >= 0.3 is 5.97 Å². The van der Waals surface area contributed by atoms with E-state index in [1.54, 1.807) is 4.90 Å². The van der Waals surface area contributed by atoms with Crippen LogP contribution in [0, 0.1) is 6.92 Å². The lowest BCUT2D eigenvalue weighted by Gasteiger charge is -2.36. The number of carbonyl (C=O) groups is 1. The number of nitrogens with zero attached hydrogens (tertiary/aromatic N) is 1. The fourth-order valence-corrected chi connectivity index (χ4v) is 7.97. The molecule has 0 aromatic heterocycles. The Morgan fingerprint density at radius 1 is 1.18 bits per heavy atom. The molecule has 0 atom stereocenters. The minimum absolute atomic E-state index is 0.0768. The van der Waals surface area contributed by atoms with Crippen LogP contribution >= 0.6 is 11.8 Å². The van der Waals surface area contributed by atoms with Gasteiger partial charge < -0.3 is 15.3 Å². The van der Waals surface area contributed by atoms with Crippen LogP contribution in [0.15, 0.2) is 39.0 Å². The molecule has 10 heteroatoms. The molecule has 33 heavy (non-hydrogen) atoms. The summed E-state index contributed by atoms with van der Waals surface area (Å²) in [7, 11) is -4.14. The number of hydrogen-bond acceptors (Lipinski definition) is 7.